The smallest absolute Gasteiger partial charge is 0.227 e. The van der Waals surface area contributed by atoms with Gasteiger partial charge in [-0.25, -0.2) is 5.11 Å². The fraction of sp³-hybridized carbons (Fsp3) is 0.538. The molecule has 0 unspecified atom stereocenters. The van der Waals surface area contributed by atoms with E-state index in [2.05, 4.69) is 0 Å². The van der Waals surface area contributed by atoms with Gasteiger partial charge in [0, 0.05) is 0 Å². The van der Waals surface area contributed by atoms with Crippen molar-refractivity contribution in [2.24, 2.45) is 0 Å². The van der Waals surface area contributed by atoms with Gasteiger partial charge in [0.1, 0.15) is 0 Å². The van der Waals surface area contributed by atoms with Crippen molar-refractivity contribution in [3.63, 3.8) is 0 Å². The molecule has 1 nitrogen and oxygen atoms in total. The van der Waals surface area contributed by atoms with Crippen molar-refractivity contribution in [2.45, 2.75) is 29.1 Å². The van der Waals surface area contributed by atoms with E-state index in [1.54, 1.807) is 0 Å². The van der Waals surface area contributed by atoms with E-state index < -0.39 is 16.3 Å². The lowest BCUT2D eigenvalue weighted by Gasteiger charge is -2.34. The maximum absolute atomic E-state index is 10.9. The van der Waals surface area contributed by atoms with Crippen molar-refractivity contribution in [2.75, 3.05) is 6.61 Å². The van der Waals surface area contributed by atoms with Crippen molar-refractivity contribution >= 4 is 116 Å². The molecule has 24 heavy (non-hydrogen) atoms. The summed E-state index contributed by atoms with van der Waals surface area (Å²) >= 11 is 60.4. The number of hydrogen-bond donors (Lipinski definition) is 0. The van der Waals surface area contributed by atoms with Crippen molar-refractivity contribution in [1.82, 2.24) is 0 Å². The first kappa shape index (κ1) is 24.1. The van der Waals surface area contributed by atoms with Crippen molar-refractivity contribution in [3.05, 3.63) is 34.9 Å². The maximum atomic E-state index is 10.9. The molecule has 0 aliphatic carbocycles. The first-order valence-electron chi connectivity index (χ1n) is 6.28. The lowest BCUT2D eigenvalue weighted by molar-refractivity contribution is 0.189. The van der Waals surface area contributed by atoms with Crippen LogP contribution in [0, 0.1) is 0 Å². The van der Waals surface area contributed by atoms with E-state index in [0.717, 1.165) is 0 Å². The monoisotopic (exact) mass is 531 g/mol. The highest BCUT2D eigenvalue weighted by atomic mass is 35.6. The largest absolute Gasteiger partial charge is 0.237 e. The second-order valence-corrected chi connectivity index (χ2v) is 12.0. The Balaban J connectivity index is 3.68. The van der Waals surface area contributed by atoms with Gasteiger partial charge in [-0.2, -0.15) is 0 Å². The van der Waals surface area contributed by atoms with Gasteiger partial charge in [0.2, 0.25) is 7.59 Å². The van der Waals surface area contributed by atoms with E-state index in [1.807, 2.05) is 0 Å². The van der Waals surface area contributed by atoms with E-state index in [1.165, 1.54) is 18.2 Å². The highest BCUT2D eigenvalue weighted by Crippen LogP contribution is 2.58. The summed E-state index contributed by atoms with van der Waals surface area (Å²) in [7, 11) is 0. The second kappa shape index (κ2) is 8.62. The zero-order valence-electron chi connectivity index (χ0n) is 11.5. The molecule has 11 heteroatoms. The number of rotatable bonds is 5. The molecule has 0 heterocycles. The van der Waals surface area contributed by atoms with Crippen LogP contribution in [0.3, 0.4) is 0 Å². The van der Waals surface area contributed by atoms with E-state index in [4.69, 9.17) is 116 Å². The predicted octanol–water partition coefficient (Wildman–Crippen LogP) is 8.05. The quantitative estimate of drug-likeness (QED) is 0.340. The number of benzene rings is 1. The lowest BCUT2D eigenvalue weighted by atomic mass is 9.93. The van der Waals surface area contributed by atoms with Crippen LogP contribution in [-0.4, -0.2) is 14.2 Å². The molecule has 0 spiro atoms. The van der Waals surface area contributed by atoms with Crippen molar-refractivity contribution in [1.29, 1.82) is 0 Å². The molecule has 0 amide bonds. The molecular weight excluding hydrogens is 527 g/mol. The predicted molar refractivity (Wildman–Crippen MR) is 108 cm³/mol. The average Bonchev–Trinajstić information content (AvgIpc) is 2.42. The maximum Gasteiger partial charge on any atom is 0.227 e. The molecule has 0 saturated heterocycles. The SMILES string of the molecule is [O]CCCc1c(C(Cl)(Cl)C(Cl)(Cl)Cl)cccc1C(Cl)(Cl)C(Cl)(Cl)Cl. The van der Waals surface area contributed by atoms with E-state index in [-0.39, 0.29) is 30.6 Å². The third-order valence-electron chi connectivity index (χ3n) is 3.14. The number of hydrogen-bond acceptors (Lipinski definition) is 0. The normalized spacial score (nSPS) is 14.1. The van der Waals surface area contributed by atoms with Gasteiger partial charge in [0.25, 0.3) is 0 Å². The Labute approximate surface area is 190 Å². The summed E-state index contributed by atoms with van der Waals surface area (Å²) < 4.78 is -8.07. The highest BCUT2D eigenvalue weighted by Gasteiger charge is 2.52. The molecule has 1 aromatic rings. The van der Waals surface area contributed by atoms with Gasteiger partial charge in [0.05, 0.1) is 6.61 Å². The van der Waals surface area contributed by atoms with Gasteiger partial charge < -0.3 is 0 Å². The Morgan fingerprint density at radius 1 is 0.708 bits per heavy atom. The number of alkyl halides is 10. The zero-order valence-corrected chi connectivity index (χ0v) is 19.1. The minimum atomic E-state index is -2.08. The van der Waals surface area contributed by atoms with Crippen LogP contribution in [0.15, 0.2) is 18.2 Å². The summed E-state index contributed by atoms with van der Waals surface area (Å²) in [5.74, 6) is 0. The van der Waals surface area contributed by atoms with E-state index >= 15 is 0 Å². The Kier molecular flexibility index (Phi) is 8.66. The van der Waals surface area contributed by atoms with Crippen LogP contribution in [0.25, 0.3) is 0 Å². The van der Waals surface area contributed by atoms with Gasteiger partial charge in [-0.05, 0) is 29.5 Å². The van der Waals surface area contributed by atoms with Crippen molar-refractivity contribution < 1.29 is 5.11 Å². The Morgan fingerprint density at radius 3 is 1.38 bits per heavy atom. The molecule has 0 bridgehead atoms. The van der Waals surface area contributed by atoms with Gasteiger partial charge >= 0.3 is 0 Å². The van der Waals surface area contributed by atoms with Gasteiger partial charge in [-0.1, -0.05) is 134 Å². The van der Waals surface area contributed by atoms with Gasteiger partial charge in [-0.15, -0.1) is 0 Å². The molecule has 1 rings (SSSR count). The van der Waals surface area contributed by atoms with Crippen LogP contribution in [0.2, 0.25) is 0 Å². The minimum absolute atomic E-state index is 0.193. The summed E-state index contributed by atoms with van der Waals surface area (Å²) in [6, 6.07) is 4.57. The summed E-state index contributed by atoms with van der Waals surface area (Å²) in [5, 5.41) is 10.9. The Bertz CT molecular complexity index is 529. The topological polar surface area (TPSA) is 19.9 Å². The average molecular weight is 536 g/mol. The van der Waals surface area contributed by atoms with Crippen molar-refractivity contribution in [3.8, 4) is 0 Å². The first-order valence-corrected chi connectivity index (χ1v) is 10.1. The van der Waals surface area contributed by atoms with Crippen LogP contribution in [0.4, 0.5) is 0 Å². The van der Waals surface area contributed by atoms with E-state index in [0.29, 0.717) is 5.56 Å². The van der Waals surface area contributed by atoms with Gasteiger partial charge in [-0.3, -0.25) is 0 Å². The molecule has 0 fully saturated rings. The summed E-state index contributed by atoms with van der Waals surface area (Å²) in [5.41, 5.74) is 0.786. The van der Waals surface area contributed by atoms with E-state index in [9.17, 15) is 5.11 Å². The fourth-order valence-electron chi connectivity index (χ4n) is 2.00. The standard InChI is InChI=1S/C13H9Cl10O/c14-10(15,12(18,19)20)8-4-1-5-9(7(8)3-2-6-24)11(16,17)13(21,22)23/h1,4-5H,2-3,6H2. The number of halogens is 10. The molecule has 0 aliphatic rings. The highest BCUT2D eigenvalue weighted by molar-refractivity contribution is 6.76. The Hall–Kier alpha value is 2.08. The first-order chi connectivity index (χ1) is 10.7. The minimum Gasteiger partial charge on any atom is -0.237 e. The Morgan fingerprint density at radius 2 is 1.08 bits per heavy atom. The molecule has 1 radical (unpaired) electrons. The van der Waals surface area contributed by atoms with Gasteiger partial charge in [0.15, 0.2) is 8.67 Å². The molecule has 0 saturated carbocycles. The summed E-state index contributed by atoms with van der Waals surface area (Å²) in [6.07, 6.45) is 0.413. The third-order valence-corrected chi connectivity index (χ3v) is 7.95. The fourth-order valence-corrected chi connectivity index (χ4v) is 3.32. The van der Waals surface area contributed by atoms with Crippen LogP contribution in [-0.2, 0) is 20.2 Å². The summed E-state index contributed by atoms with van der Waals surface area (Å²) in [6.45, 7) is -0.371. The third kappa shape index (κ3) is 5.11. The lowest BCUT2D eigenvalue weighted by Crippen LogP contribution is -2.33. The molecule has 1 aromatic carbocycles. The van der Waals surface area contributed by atoms with Crippen LogP contribution >= 0.6 is 116 Å². The van der Waals surface area contributed by atoms with Crippen LogP contribution < -0.4 is 0 Å². The van der Waals surface area contributed by atoms with Crippen LogP contribution in [0.1, 0.15) is 23.1 Å². The second-order valence-electron chi connectivity index (χ2n) is 4.78. The molecule has 0 aromatic heterocycles. The summed E-state index contributed by atoms with van der Waals surface area (Å²) in [4.78, 5) is 0. The molecular formula is C13H9Cl10O. The molecule has 0 atom stereocenters. The molecule has 137 valence electrons. The zero-order chi connectivity index (χ0) is 19.0. The van der Waals surface area contributed by atoms with Crippen LogP contribution in [0.5, 0.6) is 0 Å². The molecule has 0 N–H and O–H groups in total. The molecule has 0 aliphatic heterocycles.